The van der Waals surface area contributed by atoms with E-state index in [1.165, 1.54) is 0 Å². The molecule has 0 aliphatic heterocycles. The summed E-state index contributed by atoms with van der Waals surface area (Å²) in [5.74, 6) is 0. The number of ether oxygens (including phenoxy) is 1. The van der Waals surface area contributed by atoms with Crippen molar-refractivity contribution in [2.75, 3.05) is 0 Å². The average molecular weight is 152 g/mol. The SMILES string of the molecule is NC(=O)OCc1cccnc1. The predicted molar refractivity (Wildman–Crippen MR) is 38.6 cm³/mol. The maximum absolute atomic E-state index is 10.2. The van der Waals surface area contributed by atoms with Crippen LogP contribution < -0.4 is 5.73 Å². The van der Waals surface area contributed by atoms with E-state index in [2.05, 4.69) is 9.72 Å². The lowest BCUT2D eigenvalue weighted by molar-refractivity contribution is 0.150. The topological polar surface area (TPSA) is 65.2 Å². The van der Waals surface area contributed by atoms with Crippen LogP contribution in [0.25, 0.3) is 0 Å². The van der Waals surface area contributed by atoms with Crippen LogP contribution in [0.5, 0.6) is 0 Å². The molecule has 0 saturated carbocycles. The smallest absolute Gasteiger partial charge is 0.404 e. The largest absolute Gasteiger partial charge is 0.445 e. The zero-order valence-electron chi connectivity index (χ0n) is 5.86. The molecular formula is C7H8N2O2. The average Bonchev–Trinajstić information content (AvgIpc) is 2.03. The molecule has 1 aromatic heterocycles. The summed E-state index contributed by atoms with van der Waals surface area (Å²) in [6.45, 7) is 0.184. The summed E-state index contributed by atoms with van der Waals surface area (Å²) in [5, 5.41) is 0. The fourth-order valence-electron chi connectivity index (χ4n) is 0.638. The zero-order chi connectivity index (χ0) is 8.10. The number of rotatable bonds is 2. The summed E-state index contributed by atoms with van der Waals surface area (Å²) < 4.78 is 4.53. The maximum atomic E-state index is 10.2. The molecule has 1 heterocycles. The van der Waals surface area contributed by atoms with Gasteiger partial charge in [-0.25, -0.2) is 4.79 Å². The Morgan fingerprint density at radius 3 is 3.09 bits per heavy atom. The molecule has 4 nitrogen and oxygen atoms in total. The molecule has 0 radical (unpaired) electrons. The highest BCUT2D eigenvalue weighted by Gasteiger charge is 1.94. The first kappa shape index (κ1) is 7.53. The van der Waals surface area contributed by atoms with Gasteiger partial charge in [-0.05, 0) is 6.07 Å². The molecule has 0 fully saturated rings. The quantitative estimate of drug-likeness (QED) is 0.677. The monoisotopic (exact) mass is 152 g/mol. The lowest BCUT2D eigenvalue weighted by Crippen LogP contribution is -2.12. The van der Waals surface area contributed by atoms with Gasteiger partial charge in [-0.1, -0.05) is 6.07 Å². The van der Waals surface area contributed by atoms with E-state index in [-0.39, 0.29) is 6.61 Å². The van der Waals surface area contributed by atoms with Crippen molar-refractivity contribution < 1.29 is 9.53 Å². The number of amides is 1. The molecule has 58 valence electrons. The Hall–Kier alpha value is -1.58. The third kappa shape index (κ3) is 2.66. The zero-order valence-corrected chi connectivity index (χ0v) is 5.86. The Morgan fingerprint density at radius 1 is 1.73 bits per heavy atom. The number of hydrogen-bond donors (Lipinski definition) is 1. The summed E-state index contributed by atoms with van der Waals surface area (Å²) in [6.07, 6.45) is 2.49. The van der Waals surface area contributed by atoms with Gasteiger partial charge in [0, 0.05) is 18.0 Å². The van der Waals surface area contributed by atoms with Crippen molar-refractivity contribution in [3.05, 3.63) is 30.1 Å². The van der Waals surface area contributed by atoms with Gasteiger partial charge in [0.05, 0.1) is 0 Å². The van der Waals surface area contributed by atoms with E-state index in [1.807, 2.05) is 0 Å². The van der Waals surface area contributed by atoms with Gasteiger partial charge in [-0.2, -0.15) is 0 Å². The van der Waals surface area contributed by atoms with E-state index in [9.17, 15) is 4.79 Å². The molecule has 0 aliphatic rings. The van der Waals surface area contributed by atoms with Crippen molar-refractivity contribution in [1.29, 1.82) is 0 Å². The molecule has 1 aromatic rings. The minimum atomic E-state index is -0.770. The van der Waals surface area contributed by atoms with Crippen molar-refractivity contribution in [2.24, 2.45) is 5.73 Å². The molecule has 0 spiro atoms. The van der Waals surface area contributed by atoms with Crippen molar-refractivity contribution in [3.8, 4) is 0 Å². The number of primary amides is 1. The molecule has 0 bridgehead atoms. The highest BCUT2D eigenvalue weighted by Crippen LogP contribution is 1.96. The molecule has 0 atom stereocenters. The lowest BCUT2D eigenvalue weighted by Gasteiger charge is -1.98. The van der Waals surface area contributed by atoms with Crippen LogP contribution in [0.3, 0.4) is 0 Å². The number of nitrogens with two attached hydrogens (primary N) is 1. The Bertz CT molecular complexity index is 235. The molecule has 1 rings (SSSR count). The van der Waals surface area contributed by atoms with Crippen LogP contribution >= 0.6 is 0 Å². The number of carbonyl (C=O) groups is 1. The van der Waals surface area contributed by atoms with Gasteiger partial charge in [0.25, 0.3) is 0 Å². The maximum Gasteiger partial charge on any atom is 0.404 e. The summed E-state index contributed by atoms with van der Waals surface area (Å²) in [5.41, 5.74) is 5.58. The molecule has 0 aliphatic carbocycles. The van der Waals surface area contributed by atoms with E-state index in [1.54, 1.807) is 24.5 Å². The van der Waals surface area contributed by atoms with Crippen LogP contribution in [0.2, 0.25) is 0 Å². The highest BCUT2D eigenvalue weighted by atomic mass is 16.5. The molecular weight excluding hydrogens is 144 g/mol. The van der Waals surface area contributed by atoms with Crippen LogP contribution in [-0.4, -0.2) is 11.1 Å². The third-order valence-corrected chi connectivity index (χ3v) is 1.10. The first-order valence-corrected chi connectivity index (χ1v) is 3.10. The van der Waals surface area contributed by atoms with Crippen molar-refractivity contribution >= 4 is 6.09 Å². The van der Waals surface area contributed by atoms with Gasteiger partial charge < -0.3 is 10.5 Å². The van der Waals surface area contributed by atoms with Crippen LogP contribution in [-0.2, 0) is 11.3 Å². The molecule has 1 amide bonds. The van der Waals surface area contributed by atoms with Gasteiger partial charge in [-0.3, -0.25) is 4.98 Å². The molecule has 4 heteroatoms. The third-order valence-electron chi connectivity index (χ3n) is 1.10. The van der Waals surface area contributed by atoms with Crippen LogP contribution in [0.1, 0.15) is 5.56 Å². The normalized spacial score (nSPS) is 9.09. The Balaban J connectivity index is 2.45. The van der Waals surface area contributed by atoms with E-state index in [4.69, 9.17) is 5.73 Å². The fraction of sp³-hybridized carbons (Fsp3) is 0.143. The lowest BCUT2D eigenvalue weighted by atomic mass is 10.3. The van der Waals surface area contributed by atoms with Crippen molar-refractivity contribution in [3.63, 3.8) is 0 Å². The summed E-state index contributed by atoms with van der Waals surface area (Å²) >= 11 is 0. The fourth-order valence-corrected chi connectivity index (χ4v) is 0.638. The molecule has 2 N–H and O–H groups in total. The van der Waals surface area contributed by atoms with Crippen LogP contribution in [0.4, 0.5) is 4.79 Å². The van der Waals surface area contributed by atoms with Crippen molar-refractivity contribution in [1.82, 2.24) is 4.98 Å². The minimum Gasteiger partial charge on any atom is -0.445 e. The second kappa shape index (κ2) is 3.55. The minimum absolute atomic E-state index is 0.184. The Morgan fingerprint density at radius 2 is 2.55 bits per heavy atom. The Kier molecular flexibility index (Phi) is 2.43. The number of carbonyl (C=O) groups excluding carboxylic acids is 1. The van der Waals surface area contributed by atoms with Gasteiger partial charge in [-0.15, -0.1) is 0 Å². The Labute approximate surface area is 64.0 Å². The molecule has 0 aromatic carbocycles. The number of nitrogens with zero attached hydrogens (tertiary/aromatic N) is 1. The van der Waals surface area contributed by atoms with E-state index in [0.29, 0.717) is 0 Å². The van der Waals surface area contributed by atoms with E-state index in [0.717, 1.165) is 5.56 Å². The predicted octanol–water partition coefficient (Wildman–Crippen LogP) is 0.677. The van der Waals surface area contributed by atoms with Gasteiger partial charge in [0.15, 0.2) is 0 Å². The van der Waals surface area contributed by atoms with Gasteiger partial charge in [0.1, 0.15) is 6.61 Å². The van der Waals surface area contributed by atoms with Crippen molar-refractivity contribution in [2.45, 2.75) is 6.61 Å². The number of aromatic nitrogens is 1. The molecule has 0 saturated heterocycles. The molecule has 0 unspecified atom stereocenters. The summed E-state index contributed by atoms with van der Waals surface area (Å²) in [4.78, 5) is 14.0. The molecule has 11 heavy (non-hydrogen) atoms. The second-order valence-corrected chi connectivity index (χ2v) is 1.97. The first-order chi connectivity index (χ1) is 5.29. The van der Waals surface area contributed by atoms with Crippen LogP contribution in [0, 0.1) is 0 Å². The van der Waals surface area contributed by atoms with E-state index >= 15 is 0 Å². The number of pyridine rings is 1. The van der Waals surface area contributed by atoms with E-state index < -0.39 is 6.09 Å². The summed E-state index contributed by atoms with van der Waals surface area (Å²) in [6, 6.07) is 3.57. The van der Waals surface area contributed by atoms with Gasteiger partial charge in [0.2, 0.25) is 0 Å². The first-order valence-electron chi connectivity index (χ1n) is 3.10. The van der Waals surface area contributed by atoms with Crippen LogP contribution in [0.15, 0.2) is 24.5 Å². The van der Waals surface area contributed by atoms with Gasteiger partial charge >= 0.3 is 6.09 Å². The highest BCUT2D eigenvalue weighted by molar-refractivity contribution is 5.64. The second-order valence-electron chi connectivity index (χ2n) is 1.97. The summed E-state index contributed by atoms with van der Waals surface area (Å²) in [7, 11) is 0. The standard InChI is InChI=1S/C7H8N2O2/c8-7(10)11-5-6-2-1-3-9-4-6/h1-4H,5H2,(H2,8,10). The number of hydrogen-bond acceptors (Lipinski definition) is 3.